The fourth-order valence-corrected chi connectivity index (χ4v) is 3.00. The first-order valence-corrected chi connectivity index (χ1v) is 8.64. The number of methoxy groups -OCH3 is 1. The van der Waals surface area contributed by atoms with Crippen LogP contribution in [0.1, 0.15) is 6.92 Å². The molecular formula is C17H18N4O3S. The van der Waals surface area contributed by atoms with Gasteiger partial charge in [-0.1, -0.05) is 12.1 Å². The Bertz CT molecular complexity index is 868. The molecule has 1 aromatic carbocycles. The number of aromatic nitrogens is 2. The highest BCUT2D eigenvalue weighted by Gasteiger charge is 2.14. The summed E-state index contributed by atoms with van der Waals surface area (Å²) in [6.45, 7) is 2.12. The van der Waals surface area contributed by atoms with E-state index in [0.717, 1.165) is 15.8 Å². The smallest absolute Gasteiger partial charge is 0.321 e. The lowest BCUT2D eigenvalue weighted by atomic mass is 10.2. The number of hydrogen-bond donors (Lipinski definition) is 2. The molecule has 0 spiro atoms. The van der Waals surface area contributed by atoms with E-state index >= 15 is 0 Å². The Morgan fingerprint density at radius 3 is 2.84 bits per heavy atom. The SMILES string of the molecule is CCOC(=O)CNNc1nc(-c2cccs2)nc2cccc(OC)c12. The van der Waals surface area contributed by atoms with Gasteiger partial charge in [-0.15, -0.1) is 11.3 Å². The van der Waals surface area contributed by atoms with Crippen molar-refractivity contribution < 1.29 is 14.3 Å². The number of rotatable bonds is 7. The molecule has 0 bridgehead atoms. The zero-order valence-corrected chi connectivity index (χ0v) is 14.7. The summed E-state index contributed by atoms with van der Waals surface area (Å²) in [5.74, 6) is 1.45. The molecule has 7 nitrogen and oxygen atoms in total. The number of ether oxygens (including phenoxy) is 2. The maximum absolute atomic E-state index is 11.5. The van der Waals surface area contributed by atoms with Gasteiger partial charge in [0.05, 0.1) is 29.5 Å². The van der Waals surface area contributed by atoms with E-state index in [1.165, 1.54) is 0 Å². The standard InChI is InChI=1S/C17H18N4O3S/c1-3-24-14(22)10-18-21-17-15-11(6-4-7-12(15)23-2)19-16(20-17)13-8-5-9-25-13/h4-9,18H,3,10H2,1-2H3,(H,19,20,21). The van der Waals surface area contributed by atoms with Gasteiger partial charge in [0.15, 0.2) is 11.6 Å². The van der Waals surface area contributed by atoms with Crippen LogP contribution in [0.5, 0.6) is 5.75 Å². The number of carbonyl (C=O) groups excluding carboxylic acids is 1. The Hall–Kier alpha value is -2.71. The zero-order valence-electron chi connectivity index (χ0n) is 13.9. The number of hydrogen-bond acceptors (Lipinski definition) is 8. The molecule has 0 radical (unpaired) electrons. The number of fused-ring (bicyclic) bond motifs is 1. The van der Waals surface area contributed by atoms with Crippen LogP contribution in [0, 0.1) is 0 Å². The number of esters is 1. The molecule has 2 heterocycles. The zero-order chi connectivity index (χ0) is 17.6. The maximum Gasteiger partial charge on any atom is 0.321 e. The third-order valence-corrected chi connectivity index (χ3v) is 4.26. The predicted octanol–water partition coefficient (Wildman–Crippen LogP) is 2.85. The van der Waals surface area contributed by atoms with Crippen molar-refractivity contribution in [3.63, 3.8) is 0 Å². The van der Waals surface area contributed by atoms with Gasteiger partial charge in [-0.2, -0.15) is 0 Å². The first-order valence-electron chi connectivity index (χ1n) is 7.76. The lowest BCUT2D eigenvalue weighted by Crippen LogP contribution is -2.30. The minimum Gasteiger partial charge on any atom is -0.496 e. The van der Waals surface area contributed by atoms with Gasteiger partial charge in [-0.05, 0) is 30.5 Å². The summed E-state index contributed by atoms with van der Waals surface area (Å²) >= 11 is 1.56. The number of hydrazine groups is 1. The molecule has 0 saturated carbocycles. The number of benzene rings is 1. The van der Waals surface area contributed by atoms with Crippen LogP contribution in [-0.2, 0) is 9.53 Å². The summed E-state index contributed by atoms with van der Waals surface area (Å²) in [6.07, 6.45) is 0. The number of thiophene rings is 1. The van der Waals surface area contributed by atoms with E-state index < -0.39 is 0 Å². The molecule has 130 valence electrons. The largest absolute Gasteiger partial charge is 0.496 e. The van der Waals surface area contributed by atoms with Gasteiger partial charge in [0.2, 0.25) is 0 Å². The molecule has 0 aliphatic rings. The van der Waals surface area contributed by atoms with Gasteiger partial charge >= 0.3 is 5.97 Å². The second-order valence-electron chi connectivity index (χ2n) is 5.01. The third-order valence-electron chi connectivity index (χ3n) is 3.39. The summed E-state index contributed by atoms with van der Waals surface area (Å²) in [5, 5.41) is 2.71. The van der Waals surface area contributed by atoms with E-state index in [1.54, 1.807) is 25.4 Å². The van der Waals surface area contributed by atoms with Crippen LogP contribution in [0.2, 0.25) is 0 Å². The van der Waals surface area contributed by atoms with Gasteiger partial charge in [-0.25, -0.2) is 15.4 Å². The van der Waals surface area contributed by atoms with Gasteiger partial charge in [0, 0.05) is 0 Å². The predicted molar refractivity (Wildman–Crippen MR) is 97.7 cm³/mol. The highest BCUT2D eigenvalue weighted by molar-refractivity contribution is 7.13. The molecule has 0 atom stereocenters. The Morgan fingerprint density at radius 1 is 1.24 bits per heavy atom. The average molecular weight is 358 g/mol. The normalized spacial score (nSPS) is 10.6. The second kappa shape index (κ2) is 7.91. The van der Waals surface area contributed by atoms with E-state index in [-0.39, 0.29) is 12.5 Å². The van der Waals surface area contributed by atoms with Crippen LogP contribution >= 0.6 is 11.3 Å². The molecule has 0 aliphatic heterocycles. The van der Waals surface area contributed by atoms with Crippen LogP contribution in [0.15, 0.2) is 35.7 Å². The molecule has 0 fully saturated rings. The Balaban J connectivity index is 1.96. The van der Waals surface area contributed by atoms with Crippen molar-refractivity contribution in [2.24, 2.45) is 0 Å². The number of nitrogens with zero attached hydrogens (tertiary/aromatic N) is 2. The monoisotopic (exact) mass is 358 g/mol. The van der Waals surface area contributed by atoms with Gasteiger partial charge < -0.3 is 14.9 Å². The van der Waals surface area contributed by atoms with E-state index in [2.05, 4.69) is 20.8 Å². The fraction of sp³-hybridized carbons (Fsp3) is 0.235. The molecule has 0 amide bonds. The number of carbonyl (C=O) groups is 1. The summed E-state index contributed by atoms with van der Waals surface area (Å²) in [6, 6.07) is 9.52. The first-order chi connectivity index (χ1) is 12.2. The molecule has 2 aromatic heterocycles. The summed E-state index contributed by atoms with van der Waals surface area (Å²) in [4.78, 5) is 21.7. The van der Waals surface area contributed by atoms with E-state index in [9.17, 15) is 4.79 Å². The summed E-state index contributed by atoms with van der Waals surface area (Å²) in [7, 11) is 1.60. The molecule has 8 heteroatoms. The summed E-state index contributed by atoms with van der Waals surface area (Å²) < 4.78 is 10.3. The maximum atomic E-state index is 11.5. The van der Waals surface area contributed by atoms with E-state index in [0.29, 0.717) is 24.0 Å². The molecule has 0 unspecified atom stereocenters. The third kappa shape index (κ3) is 3.86. The lowest BCUT2D eigenvalue weighted by molar-refractivity contribution is -0.141. The number of anilines is 1. The highest BCUT2D eigenvalue weighted by atomic mass is 32.1. The lowest BCUT2D eigenvalue weighted by Gasteiger charge is -2.13. The van der Waals surface area contributed by atoms with Gasteiger partial charge in [0.25, 0.3) is 0 Å². The van der Waals surface area contributed by atoms with Crippen molar-refractivity contribution in [2.45, 2.75) is 6.92 Å². The topological polar surface area (TPSA) is 85.4 Å². The van der Waals surface area contributed by atoms with E-state index in [1.807, 2.05) is 35.7 Å². The minimum absolute atomic E-state index is 0.0167. The van der Waals surface area contributed by atoms with Crippen molar-refractivity contribution in [2.75, 3.05) is 25.7 Å². The molecule has 3 rings (SSSR count). The van der Waals surface area contributed by atoms with Crippen LogP contribution in [0.4, 0.5) is 5.82 Å². The van der Waals surface area contributed by atoms with Crippen LogP contribution < -0.4 is 15.6 Å². The molecule has 3 aromatic rings. The van der Waals surface area contributed by atoms with E-state index in [4.69, 9.17) is 9.47 Å². The molecule has 0 saturated heterocycles. The summed E-state index contributed by atoms with van der Waals surface area (Å²) in [5.41, 5.74) is 6.56. The molecular weight excluding hydrogens is 340 g/mol. The van der Waals surface area contributed by atoms with Gasteiger partial charge in [-0.3, -0.25) is 4.79 Å². The van der Waals surface area contributed by atoms with Crippen LogP contribution in [-0.4, -0.2) is 36.2 Å². The minimum atomic E-state index is -0.348. The highest BCUT2D eigenvalue weighted by Crippen LogP contribution is 2.32. The van der Waals surface area contributed by atoms with Gasteiger partial charge in [0.1, 0.15) is 12.3 Å². The fourth-order valence-electron chi connectivity index (χ4n) is 2.34. The van der Waals surface area contributed by atoms with Crippen molar-refractivity contribution in [1.82, 2.24) is 15.4 Å². The van der Waals surface area contributed by atoms with Crippen molar-refractivity contribution in [1.29, 1.82) is 0 Å². The molecule has 25 heavy (non-hydrogen) atoms. The van der Waals surface area contributed by atoms with Crippen LogP contribution in [0.3, 0.4) is 0 Å². The average Bonchev–Trinajstić information content (AvgIpc) is 3.15. The molecule has 0 aliphatic carbocycles. The Kier molecular flexibility index (Phi) is 5.42. The number of nitrogens with one attached hydrogen (secondary N) is 2. The van der Waals surface area contributed by atoms with Crippen molar-refractivity contribution >= 4 is 34.0 Å². The second-order valence-corrected chi connectivity index (χ2v) is 5.96. The quantitative estimate of drug-likeness (QED) is 0.496. The van der Waals surface area contributed by atoms with Crippen LogP contribution in [0.25, 0.3) is 21.6 Å². The Labute approximate surface area is 149 Å². The van der Waals surface area contributed by atoms with Crippen molar-refractivity contribution in [3.8, 4) is 16.5 Å². The first kappa shape index (κ1) is 17.1. The van der Waals surface area contributed by atoms with Crippen molar-refractivity contribution in [3.05, 3.63) is 35.7 Å². The molecule has 2 N–H and O–H groups in total. The Morgan fingerprint density at radius 2 is 2.12 bits per heavy atom.